The number of hydrogen-bond donors (Lipinski definition) is 1. The van der Waals surface area contributed by atoms with E-state index in [0.29, 0.717) is 6.42 Å². The highest BCUT2D eigenvalue weighted by Crippen LogP contribution is 1.97. The summed E-state index contributed by atoms with van der Waals surface area (Å²) in [5, 5.41) is 8.14. The van der Waals surface area contributed by atoms with Crippen LogP contribution in [0.25, 0.3) is 0 Å². The molecule has 0 amide bonds. The van der Waals surface area contributed by atoms with Gasteiger partial charge in [0.25, 0.3) is 0 Å². The fourth-order valence-corrected chi connectivity index (χ4v) is 1.22. The molecule has 0 fully saturated rings. The second kappa shape index (κ2) is 14.9. The van der Waals surface area contributed by atoms with Crippen molar-refractivity contribution in [2.75, 3.05) is 0 Å². The quantitative estimate of drug-likeness (QED) is 0.839. The van der Waals surface area contributed by atoms with Gasteiger partial charge in [-0.15, -0.1) is 0 Å². The number of nitrogens with zero attached hydrogens (tertiary/aromatic N) is 1. The van der Waals surface area contributed by atoms with Crippen molar-refractivity contribution >= 4 is 5.97 Å². The molecule has 0 spiro atoms. The Morgan fingerprint density at radius 2 is 1.30 bits per heavy atom. The zero-order valence-electron chi connectivity index (χ0n) is 12.0. The highest BCUT2D eigenvalue weighted by atomic mass is 16.4. The van der Waals surface area contributed by atoms with Gasteiger partial charge in [-0.2, -0.15) is 0 Å². The van der Waals surface area contributed by atoms with Crippen LogP contribution in [-0.4, -0.2) is 16.1 Å². The molecule has 1 heterocycles. The van der Waals surface area contributed by atoms with Gasteiger partial charge in [0.15, 0.2) is 0 Å². The van der Waals surface area contributed by atoms with Crippen molar-refractivity contribution in [3.63, 3.8) is 0 Å². The average Bonchev–Trinajstić information content (AvgIpc) is 2.52. The van der Waals surface area contributed by atoms with Crippen molar-refractivity contribution in [3.05, 3.63) is 67.0 Å². The van der Waals surface area contributed by atoms with Gasteiger partial charge in [0.1, 0.15) is 0 Å². The Labute approximate surface area is 121 Å². The third kappa shape index (κ3) is 15.8. The summed E-state index contributed by atoms with van der Waals surface area (Å²) in [6.45, 7) is 2.06. The van der Waals surface area contributed by atoms with Gasteiger partial charge < -0.3 is 5.11 Å². The van der Waals surface area contributed by atoms with Crippen LogP contribution in [0.4, 0.5) is 0 Å². The normalized spacial score (nSPS) is 8.45. The molecular weight excluding hydrogens is 250 g/mol. The number of benzene rings is 1. The Morgan fingerprint density at radius 3 is 1.55 bits per heavy atom. The third-order valence-electron chi connectivity index (χ3n) is 2.23. The molecule has 2 aromatic rings. The molecule has 0 aliphatic rings. The number of unbranched alkanes of at least 4 members (excludes halogenated alkanes) is 2. The van der Waals surface area contributed by atoms with Crippen LogP contribution in [0.5, 0.6) is 0 Å². The lowest BCUT2D eigenvalue weighted by Crippen LogP contribution is -1.92. The monoisotopic (exact) mass is 273 g/mol. The van der Waals surface area contributed by atoms with Gasteiger partial charge >= 0.3 is 5.97 Å². The summed E-state index contributed by atoms with van der Waals surface area (Å²) in [5.74, 6) is -0.682. The Balaban J connectivity index is 0.000000274. The van der Waals surface area contributed by atoms with Crippen LogP contribution in [0.2, 0.25) is 0 Å². The van der Waals surface area contributed by atoms with Crippen molar-refractivity contribution in [1.29, 1.82) is 0 Å². The minimum absolute atomic E-state index is 0.327. The molecule has 20 heavy (non-hydrogen) atoms. The average molecular weight is 273 g/mol. The maximum Gasteiger partial charge on any atom is 0.303 e. The van der Waals surface area contributed by atoms with Gasteiger partial charge in [-0.25, -0.2) is 0 Å². The second-order valence-electron chi connectivity index (χ2n) is 4.03. The summed E-state index contributed by atoms with van der Waals surface area (Å²) < 4.78 is 0. The lowest BCUT2D eigenvalue weighted by atomic mass is 10.2. The molecule has 0 aliphatic heterocycles. The van der Waals surface area contributed by atoms with Crippen LogP contribution in [-0.2, 0) is 4.79 Å². The Bertz CT molecular complexity index is 319. The van der Waals surface area contributed by atoms with E-state index in [2.05, 4.69) is 11.9 Å². The number of carbonyl (C=O) groups is 1. The fraction of sp³-hybridized carbons (Fsp3) is 0.294. The predicted octanol–water partition coefficient (Wildman–Crippen LogP) is 4.42. The lowest BCUT2D eigenvalue weighted by Gasteiger charge is -1.89. The third-order valence-corrected chi connectivity index (χ3v) is 2.23. The molecule has 1 N–H and O–H groups in total. The molecule has 0 atom stereocenters. The Hall–Kier alpha value is -2.16. The highest BCUT2D eigenvalue weighted by molar-refractivity contribution is 5.66. The Kier molecular flexibility index (Phi) is 13.3. The molecule has 0 aliphatic carbocycles. The largest absolute Gasteiger partial charge is 0.481 e. The number of carboxylic acid groups (broad SMARTS) is 1. The molecule has 0 saturated heterocycles. The van der Waals surface area contributed by atoms with Crippen LogP contribution in [0.1, 0.15) is 32.6 Å². The summed E-state index contributed by atoms with van der Waals surface area (Å²) in [6, 6.07) is 17.7. The molecule has 3 nitrogen and oxygen atoms in total. The number of carboxylic acids is 1. The van der Waals surface area contributed by atoms with E-state index in [-0.39, 0.29) is 0 Å². The maximum absolute atomic E-state index is 9.87. The van der Waals surface area contributed by atoms with Crippen molar-refractivity contribution in [3.8, 4) is 0 Å². The molecule has 0 radical (unpaired) electrons. The van der Waals surface area contributed by atoms with E-state index >= 15 is 0 Å². The summed E-state index contributed by atoms with van der Waals surface area (Å²) in [7, 11) is 0. The van der Waals surface area contributed by atoms with Crippen LogP contribution in [0.3, 0.4) is 0 Å². The van der Waals surface area contributed by atoms with E-state index < -0.39 is 5.97 Å². The van der Waals surface area contributed by atoms with Gasteiger partial charge in [0, 0.05) is 18.8 Å². The van der Waals surface area contributed by atoms with Crippen molar-refractivity contribution in [2.45, 2.75) is 32.6 Å². The maximum atomic E-state index is 9.87. The number of pyridine rings is 1. The minimum Gasteiger partial charge on any atom is -0.481 e. The minimum atomic E-state index is -0.682. The SMILES string of the molecule is CCCCCC(=O)O.c1ccccc1.c1ccncc1. The summed E-state index contributed by atoms with van der Waals surface area (Å²) in [6.07, 6.45) is 6.78. The first kappa shape index (κ1) is 17.8. The van der Waals surface area contributed by atoms with E-state index in [0.717, 1.165) is 19.3 Å². The van der Waals surface area contributed by atoms with Crippen LogP contribution < -0.4 is 0 Å². The van der Waals surface area contributed by atoms with Gasteiger partial charge in [0.05, 0.1) is 0 Å². The van der Waals surface area contributed by atoms with Gasteiger partial charge in [-0.05, 0) is 18.6 Å². The molecule has 2 rings (SSSR count). The van der Waals surface area contributed by atoms with Gasteiger partial charge in [-0.3, -0.25) is 9.78 Å². The number of rotatable bonds is 4. The first-order valence-electron chi connectivity index (χ1n) is 6.84. The lowest BCUT2D eigenvalue weighted by molar-refractivity contribution is -0.137. The molecular formula is C17H23NO2. The summed E-state index contributed by atoms with van der Waals surface area (Å²) in [5.41, 5.74) is 0. The second-order valence-corrected chi connectivity index (χ2v) is 4.03. The van der Waals surface area contributed by atoms with E-state index in [1.165, 1.54) is 0 Å². The highest BCUT2D eigenvalue weighted by Gasteiger charge is 1.92. The number of aliphatic carboxylic acids is 1. The van der Waals surface area contributed by atoms with E-state index in [1.807, 2.05) is 54.6 Å². The van der Waals surface area contributed by atoms with Crippen molar-refractivity contribution < 1.29 is 9.90 Å². The zero-order chi connectivity index (χ0) is 14.9. The van der Waals surface area contributed by atoms with E-state index in [1.54, 1.807) is 12.4 Å². The van der Waals surface area contributed by atoms with E-state index in [9.17, 15) is 4.79 Å². The van der Waals surface area contributed by atoms with Crippen LogP contribution in [0, 0.1) is 0 Å². The van der Waals surface area contributed by atoms with Crippen LogP contribution in [0.15, 0.2) is 67.0 Å². The topological polar surface area (TPSA) is 50.2 Å². The smallest absolute Gasteiger partial charge is 0.303 e. The first-order chi connectivity index (χ1) is 9.77. The molecule has 0 unspecified atom stereocenters. The summed E-state index contributed by atoms with van der Waals surface area (Å²) >= 11 is 0. The summed E-state index contributed by atoms with van der Waals surface area (Å²) in [4.78, 5) is 13.7. The fourth-order valence-electron chi connectivity index (χ4n) is 1.22. The first-order valence-corrected chi connectivity index (χ1v) is 6.84. The predicted molar refractivity (Wildman–Crippen MR) is 82.5 cm³/mol. The number of hydrogen-bond acceptors (Lipinski definition) is 2. The Morgan fingerprint density at radius 1 is 0.850 bits per heavy atom. The van der Waals surface area contributed by atoms with E-state index in [4.69, 9.17) is 5.11 Å². The molecule has 108 valence electrons. The number of aromatic nitrogens is 1. The molecule has 3 heteroatoms. The standard InChI is InChI=1S/C6H12O2.C6H6.C5H5N/c1-2-3-4-5-6(7)8;2*1-2-4-6-5-3-1/h2-5H2,1H3,(H,7,8);1-6H;1-5H. The van der Waals surface area contributed by atoms with Crippen molar-refractivity contribution in [1.82, 2.24) is 4.98 Å². The molecule has 0 bridgehead atoms. The molecule has 1 aromatic carbocycles. The molecule has 1 aromatic heterocycles. The molecule has 0 saturated carbocycles. The van der Waals surface area contributed by atoms with Gasteiger partial charge in [0.2, 0.25) is 0 Å². The van der Waals surface area contributed by atoms with Crippen LogP contribution >= 0.6 is 0 Å². The van der Waals surface area contributed by atoms with Gasteiger partial charge in [-0.1, -0.05) is 62.2 Å². The van der Waals surface area contributed by atoms with Crippen molar-refractivity contribution in [2.24, 2.45) is 0 Å². The zero-order valence-corrected chi connectivity index (χ0v) is 12.0.